The summed E-state index contributed by atoms with van der Waals surface area (Å²) in [5, 5.41) is 6.47. The number of hydrogen-bond donors (Lipinski definition) is 2. The van der Waals surface area contributed by atoms with Gasteiger partial charge in [-0.1, -0.05) is 30.3 Å². The van der Waals surface area contributed by atoms with Gasteiger partial charge in [-0.2, -0.15) is 0 Å². The lowest BCUT2D eigenvalue weighted by Crippen LogP contribution is -2.52. The Hall–Kier alpha value is -3.55. The third kappa shape index (κ3) is 5.63. The van der Waals surface area contributed by atoms with Crippen LogP contribution < -0.4 is 15.5 Å². The number of rotatable bonds is 7. The van der Waals surface area contributed by atoms with E-state index in [4.69, 9.17) is 0 Å². The molecule has 0 bridgehead atoms. The van der Waals surface area contributed by atoms with Gasteiger partial charge in [0.1, 0.15) is 5.82 Å². The Balaban J connectivity index is 1.17. The maximum absolute atomic E-state index is 12.7. The minimum absolute atomic E-state index is 0.103. The average molecular weight is 448 g/mol. The lowest BCUT2D eigenvalue weighted by Gasteiger charge is -2.36. The molecule has 2 heterocycles. The van der Waals surface area contributed by atoms with Gasteiger partial charge < -0.3 is 25.0 Å². The number of nitrogens with one attached hydrogen (secondary N) is 2. The van der Waals surface area contributed by atoms with Crippen LogP contribution in [0.15, 0.2) is 59.6 Å². The van der Waals surface area contributed by atoms with Crippen molar-refractivity contribution in [3.63, 3.8) is 0 Å². The fraction of sp³-hybridized carbons (Fsp3) is 0.400. The number of benzene rings is 2. The molecule has 1 fully saturated rings. The predicted octanol–water partition coefficient (Wildman–Crippen LogP) is 2.25. The number of carbonyl (C=O) groups is 1. The molecule has 4 rings (SSSR count). The number of piperazine rings is 1. The molecule has 2 N–H and O–H groups in total. The monoisotopic (exact) mass is 447 g/mol. The number of imidazole rings is 1. The first-order valence-electron chi connectivity index (χ1n) is 11.6. The minimum Gasteiger partial charge on any atom is -0.368 e. The number of aliphatic imine (C=N–C) groups is 1. The first kappa shape index (κ1) is 22.6. The molecule has 3 aromatic rings. The topological polar surface area (TPSA) is 77.8 Å². The highest BCUT2D eigenvalue weighted by molar-refractivity contribution is 5.86. The fourth-order valence-corrected chi connectivity index (χ4v) is 4.27. The first-order valence-corrected chi connectivity index (χ1v) is 11.6. The van der Waals surface area contributed by atoms with Gasteiger partial charge in [-0.3, -0.25) is 9.79 Å². The quantitative estimate of drug-likeness (QED) is 0.330. The number of para-hydroxylation sites is 3. The smallest absolute Gasteiger partial charge is 0.242 e. The molecule has 1 aromatic heterocycles. The highest BCUT2D eigenvalue weighted by Crippen LogP contribution is 2.16. The molecule has 0 spiro atoms. The van der Waals surface area contributed by atoms with E-state index in [1.54, 1.807) is 7.05 Å². The molecular formula is C25H33N7O. The second-order valence-corrected chi connectivity index (χ2v) is 8.21. The number of guanidine groups is 1. The highest BCUT2D eigenvalue weighted by atomic mass is 16.2. The van der Waals surface area contributed by atoms with E-state index in [9.17, 15) is 4.79 Å². The molecule has 8 nitrogen and oxygen atoms in total. The van der Waals surface area contributed by atoms with Crippen LogP contribution in [-0.4, -0.2) is 72.6 Å². The molecule has 33 heavy (non-hydrogen) atoms. The normalized spacial score (nSPS) is 14.5. The summed E-state index contributed by atoms with van der Waals surface area (Å²) in [5.74, 6) is 1.78. The number of carbonyl (C=O) groups excluding carboxylic acids is 1. The van der Waals surface area contributed by atoms with Crippen LogP contribution >= 0.6 is 0 Å². The Morgan fingerprint density at radius 3 is 2.48 bits per heavy atom. The molecule has 2 aromatic carbocycles. The number of fused-ring (bicyclic) bond motifs is 1. The number of anilines is 1. The lowest BCUT2D eigenvalue weighted by molar-refractivity contribution is -0.130. The summed E-state index contributed by atoms with van der Waals surface area (Å²) >= 11 is 0. The summed E-state index contributed by atoms with van der Waals surface area (Å²) in [5.41, 5.74) is 3.41. The Morgan fingerprint density at radius 1 is 1.00 bits per heavy atom. The molecule has 174 valence electrons. The van der Waals surface area contributed by atoms with Crippen LogP contribution in [0.1, 0.15) is 12.2 Å². The molecule has 0 unspecified atom stereocenters. The van der Waals surface area contributed by atoms with Crippen LogP contribution in [0, 0.1) is 6.92 Å². The van der Waals surface area contributed by atoms with Gasteiger partial charge in [0.15, 0.2) is 5.96 Å². The summed E-state index contributed by atoms with van der Waals surface area (Å²) in [4.78, 5) is 25.8. The summed E-state index contributed by atoms with van der Waals surface area (Å²) in [6.07, 6.45) is 0.928. The molecule has 1 aliphatic heterocycles. The largest absolute Gasteiger partial charge is 0.368 e. The van der Waals surface area contributed by atoms with E-state index in [0.717, 1.165) is 62.5 Å². The second kappa shape index (κ2) is 10.8. The Bertz CT molecular complexity index is 1080. The standard InChI is InChI=1S/C25H33N7O/c1-20-29-22-11-6-7-12-23(22)32(20)14-8-13-27-25(26-2)28-19-24(33)31-17-15-30(16-18-31)21-9-4-3-5-10-21/h3-7,9-12H,8,13-19H2,1-2H3,(H2,26,27,28). The van der Waals surface area contributed by atoms with Crippen LogP contribution in [-0.2, 0) is 11.3 Å². The SMILES string of the molecule is CN=C(NCCCn1c(C)nc2ccccc21)NCC(=O)N1CCN(c2ccccc2)CC1. The van der Waals surface area contributed by atoms with Crippen molar-refractivity contribution in [3.8, 4) is 0 Å². The van der Waals surface area contributed by atoms with Crippen molar-refractivity contribution in [2.75, 3.05) is 51.2 Å². The van der Waals surface area contributed by atoms with Gasteiger partial charge in [-0.15, -0.1) is 0 Å². The van der Waals surface area contributed by atoms with E-state index >= 15 is 0 Å². The zero-order valence-electron chi connectivity index (χ0n) is 19.5. The van der Waals surface area contributed by atoms with Crippen molar-refractivity contribution in [1.29, 1.82) is 0 Å². The highest BCUT2D eigenvalue weighted by Gasteiger charge is 2.21. The van der Waals surface area contributed by atoms with Crippen molar-refractivity contribution < 1.29 is 4.79 Å². The van der Waals surface area contributed by atoms with E-state index < -0.39 is 0 Å². The van der Waals surface area contributed by atoms with Gasteiger partial charge in [0, 0.05) is 52.0 Å². The zero-order chi connectivity index (χ0) is 23.0. The number of aromatic nitrogens is 2. The minimum atomic E-state index is 0.103. The van der Waals surface area contributed by atoms with Crippen molar-refractivity contribution in [2.24, 2.45) is 4.99 Å². The van der Waals surface area contributed by atoms with E-state index in [1.807, 2.05) is 48.2 Å². The van der Waals surface area contributed by atoms with E-state index in [2.05, 4.69) is 48.3 Å². The molecule has 8 heteroatoms. The van der Waals surface area contributed by atoms with Gasteiger partial charge in [-0.05, 0) is 37.6 Å². The number of hydrogen-bond acceptors (Lipinski definition) is 4. The van der Waals surface area contributed by atoms with E-state index in [1.165, 1.54) is 5.69 Å². The second-order valence-electron chi connectivity index (χ2n) is 8.21. The van der Waals surface area contributed by atoms with Crippen LogP contribution in [0.5, 0.6) is 0 Å². The Morgan fingerprint density at radius 2 is 1.73 bits per heavy atom. The first-order chi connectivity index (χ1) is 16.2. The molecule has 0 atom stereocenters. The van der Waals surface area contributed by atoms with Gasteiger partial charge in [-0.25, -0.2) is 4.98 Å². The van der Waals surface area contributed by atoms with E-state index in [-0.39, 0.29) is 12.5 Å². The molecule has 0 aliphatic carbocycles. The van der Waals surface area contributed by atoms with Crippen LogP contribution in [0.3, 0.4) is 0 Å². The molecule has 1 aliphatic rings. The number of amides is 1. The molecule has 0 saturated carbocycles. The number of nitrogens with zero attached hydrogens (tertiary/aromatic N) is 5. The van der Waals surface area contributed by atoms with Gasteiger partial charge >= 0.3 is 0 Å². The Kier molecular flexibility index (Phi) is 7.44. The summed E-state index contributed by atoms with van der Waals surface area (Å²) in [6, 6.07) is 18.6. The maximum atomic E-state index is 12.7. The van der Waals surface area contributed by atoms with Gasteiger partial charge in [0.05, 0.1) is 17.6 Å². The maximum Gasteiger partial charge on any atom is 0.242 e. The fourth-order valence-electron chi connectivity index (χ4n) is 4.27. The van der Waals surface area contributed by atoms with Crippen molar-refractivity contribution >= 4 is 28.6 Å². The summed E-state index contributed by atoms with van der Waals surface area (Å²) in [6.45, 7) is 7.10. The average Bonchev–Trinajstić information content (AvgIpc) is 3.19. The van der Waals surface area contributed by atoms with Crippen LogP contribution in [0.25, 0.3) is 11.0 Å². The van der Waals surface area contributed by atoms with Crippen molar-refractivity contribution in [1.82, 2.24) is 25.1 Å². The molecule has 1 amide bonds. The molecule has 1 saturated heterocycles. The van der Waals surface area contributed by atoms with Gasteiger partial charge in [0.2, 0.25) is 5.91 Å². The number of aryl methyl sites for hydroxylation is 2. The van der Waals surface area contributed by atoms with Crippen LogP contribution in [0.2, 0.25) is 0 Å². The molecule has 0 radical (unpaired) electrons. The zero-order valence-corrected chi connectivity index (χ0v) is 19.5. The Labute approximate surface area is 195 Å². The summed E-state index contributed by atoms with van der Waals surface area (Å²) < 4.78 is 2.24. The third-order valence-electron chi connectivity index (χ3n) is 6.08. The predicted molar refractivity (Wildman–Crippen MR) is 134 cm³/mol. The van der Waals surface area contributed by atoms with Crippen molar-refractivity contribution in [3.05, 3.63) is 60.4 Å². The molecular weight excluding hydrogens is 414 g/mol. The van der Waals surface area contributed by atoms with Gasteiger partial charge in [0.25, 0.3) is 0 Å². The summed E-state index contributed by atoms with van der Waals surface area (Å²) in [7, 11) is 1.73. The third-order valence-corrected chi connectivity index (χ3v) is 6.08. The van der Waals surface area contributed by atoms with E-state index in [0.29, 0.717) is 5.96 Å². The lowest BCUT2D eigenvalue weighted by atomic mass is 10.2. The van der Waals surface area contributed by atoms with Crippen LogP contribution in [0.4, 0.5) is 5.69 Å². The van der Waals surface area contributed by atoms with Crippen molar-refractivity contribution in [2.45, 2.75) is 19.9 Å².